The average molecular weight is 243 g/mol. The molecule has 17 heavy (non-hydrogen) atoms. The molecule has 0 atom stereocenters. The van der Waals surface area contributed by atoms with Crippen molar-refractivity contribution in [2.45, 2.75) is 13.1 Å². The first-order chi connectivity index (χ1) is 7.81. The van der Waals surface area contributed by atoms with Crippen LogP contribution in [0.25, 0.3) is 0 Å². The summed E-state index contributed by atoms with van der Waals surface area (Å²) >= 11 is 0. The molecule has 0 spiro atoms. The van der Waals surface area contributed by atoms with Crippen molar-refractivity contribution in [2.75, 3.05) is 7.11 Å². The van der Waals surface area contributed by atoms with Crippen LogP contribution in [0.2, 0.25) is 0 Å². The Morgan fingerprint density at radius 3 is 2.35 bits per heavy atom. The van der Waals surface area contributed by atoms with E-state index in [2.05, 4.69) is 0 Å². The molecule has 1 aromatic carbocycles. The Morgan fingerprint density at radius 1 is 1.41 bits per heavy atom. The maximum atomic E-state index is 12.5. The van der Waals surface area contributed by atoms with E-state index in [1.807, 2.05) is 0 Å². The van der Waals surface area contributed by atoms with Crippen LogP contribution < -0.4 is 4.74 Å². The van der Waals surface area contributed by atoms with Gasteiger partial charge in [0, 0.05) is 0 Å². The standard InChI is InChI=1S/C11H8F3NO2/c1-6(16)9-4-8(11(12,13)14)3-7(5-15)10(9)17-2/h3-4H,1-2H3. The number of carbonyl (C=O) groups is 1. The maximum Gasteiger partial charge on any atom is 0.416 e. The van der Waals surface area contributed by atoms with E-state index in [1.165, 1.54) is 7.11 Å². The molecule has 90 valence electrons. The number of rotatable bonds is 2. The molecular formula is C11H8F3NO2. The van der Waals surface area contributed by atoms with E-state index in [9.17, 15) is 18.0 Å². The van der Waals surface area contributed by atoms with Crippen molar-refractivity contribution in [3.8, 4) is 11.8 Å². The molecule has 0 aliphatic rings. The topological polar surface area (TPSA) is 50.1 Å². The van der Waals surface area contributed by atoms with Gasteiger partial charge in [-0.15, -0.1) is 0 Å². The van der Waals surface area contributed by atoms with Crippen molar-refractivity contribution in [2.24, 2.45) is 0 Å². The minimum atomic E-state index is -4.61. The summed E-state index contributed by atoms with van der Waals surface area (Å²) in [5.74, 6) is -0.725. The normalized spacial score (nSPS) is 10.8. The largest absolute Gasteiger partial charge is 0.495 e. The van der Waals surface area contributed by atoms with Crippen LogP contribution in [0.1, 0.15) is 28.4 Å². The molecule has 0 fully saturated rings. The van der Waals surface area contributed by atoms with Crippen LogP contribution >= 0.6 is 0 Å². The number of ether oxygens (including phenoxy) is 1. The van der Waals surface area contributed by atoms with Crippen LogP contribution in [0.15, 0.2) is 12.1 Å². The van der Waals surface area contributed by atoms with Crippen molar-refractivity contribution < 1.29 is 22.7 Å². The molecule has 6 heteroatoms. The van der Waals surface area contributed by atoms with Gasteiger partial charge in [0.25, 0.3) is 0 Å². The average Bonchev–Trinajstić information content (AvgIpc) is 2.25. The van der Waals surface area contributed by atoms with Gasteiger partial charge in [-0.1, -0.05) is 0 Å². The SMILES string of the molecule is COc1c(C#N)cc(C(F)(F)F)cc1C(C)=O. The van der Waals surface area contributed by atoms with E-state index >= 15 is 0 Å². The summed E-state index contributed by atoms with van der Waals surface area (Å²) < 4.78 is 42.4. The summed E-state index contributed by atoms with van der Waals surface area (Å²) in [4.78, 5) is 11.2. The second kappa shape index (κ2) is 4.45. The predicted molar refractivity (Wildman–Crippen MR) is 52.7 cm³/mol. The van der Waals surface area contributed by atoms with Gasteiger partial charge in [-0.2, -0.15) is 18.4 Å². The first-order valence-corrected chi connectivity index (χ1v) is 4.51. The summed E-state index contributed by atoms with van der Waals surface area (Å²) in [6, 6.07) is 2.92. The van der Waals surface area contributed by atoms with Gasteiger partial charge in [-0.25, -0.2) is 0 Å². The lowest BCUT2D eigenvalue weighted by atomic mass is 10.0. The molecular weight excluding hydrogens is 235 g/mol. The molecule has 0 saturated heterocycles. The number of methoxy groups -OCH3 is 1. The number of ketones is 1. The van der Waals surface area contributed by atoms with Crippen molar-refractivity contribution in [3.63, 3.8) is 0 Å². The molecule has 0 aliphatic carbocycles. The number of hydrogen-bond donors (Lipinski definition) is 0. The number of carbonyl (C=O) groups excluding carboxylic acids is 1. The molecule has 0 aliphatic heterocycles. The fourth-order valence-corrected chi connectivity index (χ4v) is 1.36. The summed E-state index contributed by atoms with van der Waals surface area (Å²) in [5.41, 5.74) is -1.61. The highest BCUT2D eigenvalue weighted by Gasteiger charge is 2.33. The Balaban J connectivity index is 3.59. The molecule has 3 nitrogen and oxygen atoms in total. The molecule has 0 amide bonds. The van der Waals surface area contributed by atoms with E-state index in [1.54, 1.807) is 6.07 Å². The monoisotopic (exact) mass is 243 g/mol. The number of halogens is 3. The highest BCUT2D eigenvalue weighted by Crippen LogP contribution is 2.35. The third-order valence-corrected chi connectivity index (χ3v) is 2.12. The third kappa shape index (κ3) is 2.56. The first-order valence-electron chi connectivity index (χ1n) is 4.51. The van der Waals surface area contributed by atoms with Gasteiger partial charge in [-0.05, 0) is 19.1 Å². The van der Waals surface area contributed by atoms with Gasteiger partial charge in [0.1, 0.15) is 11.8 Å². The molecule has 0 unspecified atom stereocenters. The van der Waals surface area contributed by atoms with Crippen LogP contribution in [0.4, 0.5) is 13.2 Å². The van der Waals surface area contributed by atoms with E-state index in [0.29, 0.717) is 12.1 Å². The molecule has 0 N–H and O–H groups in total. The highest BCUT2D eigenvalue weighted by molar-refractivity contribution is 5.97. The summed E-state index contributed by atoms with van der Waals surface area (Å²) in [6.45, 7) is 1.11. The second-order valence-electron chi connectivity index (χ2n) is 3.27. The van der Waals surface area contributed by atoms with Crippen molar-refractivity contribution in [1.82, 2.24) is 0 Å². The number of benzene rings is 1. The van der Waals surface area contributed by atoms with Gasteiger partial charge in [-0.3, -0.25) is 4.79 Å². The van der Waals surface area contributed by atoms with Gasteiger partial charge in [0.05, 0.1) is 23.8 Å². The lowest BCUT2D eigenvalue weighted by molar-refractivity contribution is -0.137. The van der Waals surface area contributed by atoms with Crippen LogP contribution in [0.5, 0.6) is 5.75 Å². The second-order valence-corrected chi connectivity index (χ2v) is 3.27. The van der Waals surface area contributed by atoms with Crippen LogP contribution in [-0.2, 0) is 6.18 Å². The third-order valence-electron chi connectivity index (χ3n) is 2.12. The molecule has 0 saturated carbocycles. The molecule has 0 bridgehead atoms. The fourth-order valence-electron chi connectivity index (χ4n) is 1.36. The van der Waals surface area contributed by atoms with Gasteiger partial charge in [0.2, 0.25) is 0 Å². The van der Waals surface area contributed by atoms with Crippen LogP contribution in [-0.4, -0.2) is 12.9 Å². The van der Waals surface area contributed by atoms with Crippen molar-refractivity contribution in [3.05, 3.63) is 28.8 Å². The lowest BCUT2D eigenvalue weighted by Gasteiger charge is -2.12. The maximum absolute atomic E-state index is 12.5. The van der Waals surface area contributed by atoms with Crippen LogP contribution in [0.3, 0.4) is 0 Å². The highest BCUT2D eigenvalue weighted by atomic mass is 19.4. The van der Waals surface area contributed by atoms with Crippen LogP contribution in [0, 0.1) is 11.3 Å². The summed E-state index contributed by atoms with van der Waals surface area (Å²) in [6.07, 6.45) is -4.61. The Labute approximate surface area is 95.4 Å². The zero-order valence-corrected chi connectivity index (χ0v) is 9.05. The van der Waals surface area contributed by atoms with Gasteiger partial charge < -0.3 is 4.74 Å². The Kier molecular flexibility index (Phi) is 3.42. The fraction of sp³-hybridized carbons (Fsp3) is 0.273. The molecule has 0 radical (unpaired) electrons. The molecule has 0 heterocycles. The predicted octanol–water partition coefficient (Wildman–Crippen LogP) is 2.79. The Bertz CT molecular complexity index is 501. The number of hydrogen-bond acceptors (Lipinski definition) is 3. The smallest absolute Gasteiger partial charge is 0.416 e. The summed E-state index contributed by atoms with van der Waals surface area (Å²) in [7, 11) is 1.19. The van der Waals surface area contributed by atoms with E-state index in [-0.39, 0.29) is 16.9 Å². The minimum absolute atomic E-state index is 0.131. The Morgan fingerprint density at radius 2 is 2.00 bits per heavy atom. The van der Waals surface area contributed by atoms with E-state index in [4.69, 9.17) is 10.00 Å². The number of Topliss-reactive ketones (excluding diaryl/α,β-unsaturated/α-hetero) is 1. The van der Waals surface area contributed by atoms with E-state index < -0.39 is 17.5 Å². The number of alkyl halides is 3. The van der Waals surface area contributed by atoms with Crippen molar-refractivity contribution >= 4 is 5.78 Å². The lowest BCUT2D eigenvalue weighted by Crippen LogP contribution is -2.09. The molecule has 1 rings (SSSR count). The quantitative estimate of drug-likeness (QED) is 0.750. The van der Waals surface area contributed by atoms with E-state index in [0.717, 1.165) is 6.92 Å². The first kappa shape index (κ1) is 13.0. The zero-order chi connectivity index (χ0) is 13.2. The Hall–Kier alpha value is -2.03. The molecule has 1 aromatic rings. The zero-order valence-electron chi connectivity index (χ0n) is 9.05. The number of nitrogens with zero attached hydrogens (tertiary/aromatic N) is 1. The minimum Gasteiger partial charge on any atom is -0.495 e. The van der Waals surface area contributed by atoms with Gasteiger partial charge >= 0.3 is 6.18 Å². The summed E-state index contributed by atoms with van der Waals surface area (Å²) in [5, 5.41) is 8.74. The van der Waals surface area contributed by atoms with Gasteiger partial charge in [0.15, 0.2) is 5.78 Å². The number of nitriles is 1. The molecule has 0 aromatic heterocycles. The van der Waals surface area contributed by atoms with Crippen molar-refractivity contribution in [1.29, 1.82) is 5.26 Å².